The van der Waals surface area contributed by atoms with Gasteiger partial charge in [0.1, 0.15) is 17.0 Å². The molecule has 28 heavy (non-hydrogen) atoms. The second-order valence-corrected chi connectivity index (χ2v) is 7.62. The SMILES string of the molecule is CC[C@](C)(C(=O)NC1CCCCC1)N(Cc1ccco1)C(=O)c1ccccn1. The van der Waals surface area contributed by atoms with Crippen LogP contribution in [0.5, 0.6) is 0 Å². The van der Waals surface area contributed by atoms with Crippen LogP contribution < -0.4 is 5.32 Å². The monoisotopic (exact) mass is 383 g/mol. The van der Waals surface area contributed by atoms with E-state index in [4.69, 9.17) is 4.42 Å². The number of carbonyl (C=O) groups excluding carboxylic acids is 2. The first-order valence-electron chi connectivity index (χ1n) is 10.1. The third kappa shape index (κ3) is 4.43. The summed E-state index contributed by atoms with van der Waals surface area (Å²) in [6.45, 7) is 3.97. The van der Waals surface area contributed by atoms with Crippen LogP contribution in [0.25, 0.3) is 0 Å². The molecule has 2 aromatic heterocycles. The predicted molar refractivity (Wildman–Crippen MR) is 107 cm³/mol. The molecule has 0 radical (unpaired) electrons. The van der Waals surface area contributed by atoms with Crippen molar-refractivity contribution in [1.82, 2.24) is 15.2 Å². The molecule has 1 atom stereocenters. The number of aromatic nitrogens is 1. The minimum Gasteiger partial charge on any atom is -0.467 e. The second kappa shape index (κ2) is 9.04. The average molecular weight is 383 g/mol. The molecule has 1 aliphatic carbocycles. The Bertz CT molecular complexity index is 770. The first-order chi connectivity index (χ1) is 13.5. The van der Waals surface area contributed by atoms with Crippen molar-refractivity contribution in [3.05, 3.63) is 54.2 Å². The van der Waals surface area contributed by atoms with Gasteiger partial charge in [-0.05, 0) is 50.5 Å². The summed E-state index contributed by atoms with van der Waals surface area (Å²) in [6.07, 6.45) is 9.14. The zero-order valence-corrected chi connectivity index (χ0v) is 16.7. The lowest BCUT2D eigenvalue weighted by Crippen LogP contribution is -2.60. The Morgan fingerprint density at radius 2 is 2.00 bits per heavy atom. The molecule has 2 amide bonds. The van der Waals surface area contributed by atoms with Gasteiger partial charge in [0.15, 0.2) is 0 Å². The summed E-state index contributed by atoms with van der Waals surface area (Å²) in [4.78, 5) is 32.4. The van der Waals surface area contributed by atoms with Crippen molar-refractivity contribution in [2.45, 2.75) is 70.5 Å². The van der Waals surface area contributed by atoms with E-state index in [9.17, 15) is 9.59 Å². The molecule has 2 aromatic rings. The number of nitrogens with one attached hydrogen (secondary N) is 1. The highest BCUT2D eigenvalue weighted by atomic mass is 16.3. The summed E-state index contributed by atoms with van der Waals surface area (Å²) in [5, 5.41) is 3.19. The molecule has 0 saturated heterocycles. The van der Waals surface area contributed by atoms with E-state index in [-0.39, 0.29) is 24.4 Å². The van der Waals surface area contributed by atoms with Gasteiger partial charge in [0, 0.05) is 12.2 Å². The van der Waals surface area contributed by atoms with Crippen LogP contribution >= 0.6 is 0 Å². The van der Waals surface area contributed by atoms with E-state index >= 15 is 0 Å². The molecule has 1 saturated carbocycles. The minimum atomic E-state index is -1.00. The summed E-state index contributed by atoms with van der Waals surface area (Å²) in [7, 11) is 0. The van der Waals surface area contributed by atoms with E-state index < -0.39 is 5.54 Å². The van der Waals surface area contributed by atoms with Crippen molar-refractivity contribution >= 4 is 11.8 Å². The number of furan rings is 1. The maximum Gasteiger partial charge on any atom is 0.273 e. The van der Waals surface area contributed by atoms with Gasteiger partial charge in [-0.1, -0.05) is 32.3 Å². The van der Waals surface area contributed by atoms with E-state index in [2.05, 4.69) is 10.3 Å². The lowest BCUT2D eigenvalue weighted by molar-refractivity contribution is -0.133. The molecule has 0 aromatic carbocycles. The second-order valence-electron chi connectivity index (χ2n) is 7.62. The maximum atomic E-state index is 13.3. The molecule has 6 nitrogen and oxygen atoms in total. The van der Waals surface area contributed by atoms with E-state index in [1.54, 1.807) is 41.6 Å². The minimum absolute atomic E-state index is 0.113. The highest BCUT2D eigenvalue weighted by Crippen LogP contribution is 2.26. The van der Waals surface area contributed by atoms with Crippen molar-refractivity contribution < 1.29 is 14.0 Å². The van der Waals surface area contributed by atoms with Crippen LogP contribution in [-0.4, -0.2) is 33.3 Å². The highest BCUT2D eigenvalue weighted by molar-refractivity contribution is 5.97. The first-order valence-corrected chi connectivity index (χ1v) is 10.1. The zero-order valence-electron chi connectivity index (χ0n) is 16.7. The molecule has 0 unspecified atom stereocenters. The average Bonchev–Trinajstić information content (AvgIpc) is 3.25. The predicted octanol–water partition coefficient (Wildman–Crippen LogP) is 3.93. The largest absolute Gasteiger partial charge is 0.467 e. The van der Waals surface area contributed by atoms with Gasteiger partial charge in [0.2, 0.25) is 5.91 Å². The number of amides is 2. The molecular formula is C22H29N3O3. The number of hydrogen-bond acceptors (Lipinski definition) is 4. The number of carbonyl (C=O) groups is 2. The van der Waals surface area contributed by atoms with Crippen LogP contribution in [0.3, 0.4) is 0 Å². The number of hydrogen-bond donors (Lipinski definition) is 1. The van der Waals surface area contributed by atoms with E-state index in [0.29, 0.717) is 17.9 Å². The van der Waals surface area contributed by atoms with E-state index in [0.717, 1.165) is 25.7 Å². The third-order valence-electron chi connectivity index (χ3n) is 5.74. The van der Waals surface area contributed by atoms with E-state index in [1.165, 1.54) is 6.42 Å². The summed E-state index contributed by atoms with van der Waals surface area (Å²) in [5.74, 6) is 0.243. The molecule has 1 aliphatic rings. The molecule has 0 spiro atoms. The zero-order chi connectivity index (χ0) is 20.0. The van der Waals surface area contributed by atoms with Crippen molar-refractivity contribution in [3.8, 4) is 0 Å². The van der Waals surface area contributed by atoms with Crippen LogP contribution in [0, 0.1) is 0 Å². The Kier molecular flexibility index (Phi) is 6.49. The Hall–Kier alpha value is -2.63. The number of nitrogens with zero attached hydrogens (tertiary/aromatic N) is 2. The Morgan fingerprint density at radius 3 is 2.61 bits per heavy atom. The Balaban J connectivity index is 1.88. The molecule has 6 heteroatoms. The third-order valence-corrected chi connectivity index (χ3v) is 5.74. The van der Waals surface area contributed by atoms with Crippen molar-refractivity contribution in [2.75, 3.05) is 0 Å². The molecular weight excluding hydrogens is 354 g/mol. The highest BCUT2D eigenvalue weighted by Gasteiger charge is 2.42. The van der Waals surface area contributed by atoms with Gasteiger partial charge >= 0.3 is 0 Å². The quantitative estimate of drug-likeness (QED) is 0.786. The molecule has 0 aliphatic heterocycles. The van der Waals surface area contributed by atoms with Crippen molar-refractivity contribution in [1.29, 1.82) is 0 Å². The van der Waals surface area contributed by atoms with Crippen molar-refractivity contribution in [3.63, 3.8) is 0 Å². The lowest BCUT2D eigenvalue weighted by atomic mass is 9.91. The smallest absolute Gasteiger partial charge is 0.273 e. The number of rotatable bonds is 7. The van der Waals surface area contributed by atoms with Gasteiger partial charge in [-0.3, -0.25) is 14.6 Å². The fraction of sp³-hybridized carbons (Fsp3) is 0.500. The van der Waals surface area contributed by atoms with Gasteiger partial charge in [0.25, 0.3) is 5.91 Å². The summed E-state index contributed by atoms with van der Waals surface area (Å²) < 4.78 is 5.47. The van der Waals surface area contributed by atoms with Crippen LogP contribution in [0.2, 0.25) is 0 Å². The van der Waals surface area contributed by atoms with Gasteiger partial charge in [-0.15, -0.1) is 0 Å². The molecule has 1 N–H and O–H groups in total. The van der Waals surface area contributed by atoms with Crippen molar-refractivity contribution in [2.24, 2.45) is 0 Å². The summed E-state index contributed by atoms with van der Waals surface area (Å²) in [6, 6.07) is 8.99. The summed E-state index contributed by atoms with van der Waals surface area (Å²) >= 11 is 0. The van der Waals surface area contributed by atoms with Gasteiger partial charge < -0.3 is 14.6 Å². The topological polar surface area (TPSA) is 75.4 Å². The van der Waals surface area contributed by atoms with Crippen LogP contribution in [0.15, 0.2) is 47.2 Å². The van der Waals surface area contributed by atoms with Gasteiger partial charge in [-0.25, -0.2) is 0 Å². The molecule has 0 bridgehead atoms. The van der Waals surface area contributed by atoms with Crippen LogP contribution in [-0.2, 0) is 11.3 Å². The lowest BCUT2D eigenvalue weighted by Gasteiger charge is -2.40. The fourth-order valence-electron chi connectivity index (χ4n) is 3.72. The van der Waals surface area contributed by atoms with Crippen LogP contribution in [0.1, 0.15) is 68.6 Å². The fourth-order valence-corrected chi connectivity index (χ4v) is 3.72. The maximum absolute atomic E-state index is 13.3. The van der Waals surface area contributed by atoms with E-state index in [1.807, 2.05) is 19.9 Å². The molecule has 150 valence electrons. The molecule has 3 rings (SSSR count). The standard InChI is InChI=1S/C22H29N3O3/c1-3-22(2,21(27)24-17-10-5-4-6-11-17)25(16-18-12-9-15-28-18)20(26)19-13-7-8-14-23-19/h7-9,12-15,17H,3-6,10-11,16H2,1-2H3,(H,24,27)/t22-/m1/s1. The summed E-state index contributed by atoms with van der Waals surface area (Å²) in [5.41, 5.74) is -0.682. The van der Waals surface area contributed by atoms with Gasteiger partial charge in [0.05, 0.1) is 12.8 Å². The van der Waals surface area contributed by atoms with Crippen LogP contribution in [0.4, 0.5) is 0 Å². The molecule has 1 fully saturated rings. The molecule has 2 heterocycles. The Labute approximate surface area is 166 Å². The normalized spacial score (nSPS) is 16.9. The Morgan fingerprint density at radius 1 is 1.21 bits per heavy atom. The van der Waals surface area contributed by atoms with Gasteiger partial charge in [-0.2, -0.15) is 0 Å². The first kappa shape index (κ1) is 20.1. The number of pyridine rings is 1.